The van der Waals surface area contributed by atoms with Crippen LogP contribution in [0, 0.1) is 3.57 Å². The first-order valence-electron chi connectivity index (χ1n) is 4.92. The van der Waals surface area contributed by atoms with Gasteiger partial charge in [0.05, 0.1) is 0 Å². The number of ether oxygens (including phenoxy) is 1. The highest BCUT2D eigenvalue weighted by Crippen LogP contribution is 2.26. The first-order valence-corrected chi connectivity index (χ1v) is 6.77. The van der Waals surface area contributed by atoms with Gasteiger partial charge in [0.25, 0.3) is 5.19 Å². The highest BCUT2D eigenvalue weighted by molar-refractivity contribution is 14.1. The van der Waals surface area contributed by atoms with Gasteiger partial charge in [0.2, 0.25) is 0 Å². The molecule has 1 aromatic carbocycles. The van der Waals surface area contributed by atoms with Crippen molar-refractivity contribution in [1.29, 1.82) is 0 Å². The van der Waals surface area contributed by atoms with Gasteiger partial charge >= 0.3 is 0 Å². The number of halogens is 1. The third kappa shape index (κ3) is 2.91. The highest BCUT2D eigenvalue weighted by atomic mass is 127. The summed E-state index contributed by atoms with van der Waals surface area (Å²) in [5, 5.41) is 0.602. The Labute approximate surface area is 112 Å². The highest BCUT2D eigenvalue weighted by Gasteiger charge is 2.09. The van der Waals surface area contributed by atoms with E-state index in [4.69, 9.17) is 4.74 Å². The van der Waals surface area contributed by atoms with Crippen LogP contribution in [0.15, 0.2) is 24.3 Å². The van der Waals surface area contributed by atoms with Gasteiger partial charge in [-0.2, -0.15) is 9.36 Å². The molecule has 0 amide bonds. The van der Waals surface area contributed by atoms with E-state index in [1.807, 2.05) is 24.3 Å². The summed E-state index contributed by atoms with van der Waals surface area (Å²) in [6.45, 7) is 4.13. The summed E-state index contributed by atoms with van der Waals surface area (Å²) in [5.41, 5.74) is 0. The molecule has 1 aromatic heterocycles. The first-order chi connectivity index (χ1) is 7.65. The quantitative estimate of drug-likeness (QED) is 0.787. The zero-order valence-corrected chi connectivity index (χ0v) is 11.9. The fraction of sp³-hybridized carbons (Fsp3) is 0.273. The van der Waals surface area contributed by atoms with Crippen molar-refractivity contribution < 1.29 is 4.74 Å². The summed E-state index contributed by atoms with van der Waals surface area (Å²) in [4.78, 5) is 4.32. The van der Waals surface area contributed by atoms with Crippen LogP contribution in [0.3, 0.4) is 0 Å². The maximum absolute atomic E-state index is 5.63. The van der Waals surface area contributed by atoms with Gasteiger partial charge in [-0.1, -0.05) is 19.9 Å². The van der Waals surface area contributed by atoms with Crippen molar-refractivity contribution in [1.82, 2.24) is 9.36 Å². The molecule has 0 spiro atoms. The molecule has 0 fully saturated rings. The standard InChI is InChI=1S/C11H11IN2OS/c1-7(2)10-13-11(16-14-10)15-9-5-3-4-8(12)6-9/h3-7H,1-2H3. The summed E-state index contributed by atoms with van der Waals surface area (Å²) >= 11 is 3.54. The molecular formula is C11H11IN2OS. The van der Waals surface area contributed by atoms with Crippen LogP contribution >= 0.6 is 34.1 Å². The predicted molar refractivity (Wildman–Crippen MR) is 73.2 cm³/mol. The van der Waals surface area contributed by atoms with E-state index in [9.17, 15) is 0 Å². The number of benzene rings is 1. The lowest BCUT2D eigenvalue weighted by Gasteiger charge is -2.00. The topological polar surface area (TPSA) is 35.0 Å². The lowest BCUT2D eigenvalue weighted by Crippen LogP contribution is -1.90. The average molecular weight is 346 g/mol. The van der Waals surface area contributed by atoms with Gasteiger partial charge in [-0.25, -0.2) is 0 Å². The Kier molecular flexibility index (Phi) is 3.75. The maximum atomic E-state index is 5.63. The predicted octanol–water partition coefficient (Wildman–Crippen LogP) is 4.06. The summed E-state index contributed by atoms with van der Waals surface area (Å²) in [6, 6.07) is 7.87. The molecule has 84 valence electrons. The third-order valence-electron chi connectivity index (χ3n) is 1.94. The minimum absolute atomic E-state index is 0.338. The van der Waals surface area contributed by atoms with Crippen LogP contribution in [0.2, 0.25) is 0 Å². The zero-order chi connectivity index (χ0) is 11.5. The van der Waals surface area contributed by atoms with Crippen LogP contribution in [0.5, 0.6) is 10.9 Å². The van der Waals surface area contributed by atoms with Crippen molar-refractivity contribution in [2.45, 2.75) is 19.8 Å². The Morgan fingerprint density at radius 3 is 2.81 bits per heavy atom. The molecular weight excluding hydrogens is 335 g/mol. The molecule has 0 saturated heterocycles. The molecule has 1 heterocycles. The van der Waals surface area contributed by atoms with Crippen LogP contribution in [-0.4, -0.2) is 9.36 Å². The Balaban J connectivity index is 2.14. The molecule has 5 heteroatoms. The second kappa shape index (κ2) is 5.09. The summed E-state index contributed by atoms with van der Waals surface area (Å²) in [6.07, 6.45) is 0. The van der Waals surface area contributed by atoms with E-state index >= 15 is 0 Å². The molecule has 2 rings (SSSR count). The van der Waals surface area contributed by atoms with Crippen molar-refractivity contribution >= 4 is 34.1 Å². The molecule has 0 radical (unpaired) electrons. The van der Waals surface area contributed by atoms with E-state index < -0.39 is 0 Å². The van der Waals surface area contributed by atoms with E-state index in [1.54, 1.807) is 0 Å². The Bertz CT molecular complexity index is 484. The van der Waals surface area contributed by atoms with Crippen LogP contribution in [-0.2, 0) is 0 Å². The van der Waals surface area contributed by atoms with Gasteiger partial charge in [-0.3, -0.25) is 0 Å². The molecule has 0 bridgehead atoms. The molecule has 0 atom stereocenters. The Morgan fingerprint density at radius 2 is 2.19 bits per heavy atom. The van der Waals surface area contributed by atoms with Crippen molar-refractivity contribution in [3.8, 4) is 10.9 Å². The lowest BCUT2D eigenvalue weighted by atomic mass is 10.2. The normalized spacial score (nSPS) is 10.8. The first kappa shape index (κ1) is 11.8. The van der Waals surface area contributed by atoms with Crippen molar-refractivity contribution in [2.24, 2.45) is 0 Å². The molecule has 0 aliphatic heterocycles. The summed E-state index contributed by atoms with van der Waals surface area (Å²) in [7, 11) is 0. The van der Waals surface area contributed by atoms with Gasteiger partial charge in [-0.05, 0) is 40.8 Å². The van der Waals surface area contributed by atoms with Gasteiger partial charge in [0, 0.05) is 21.0 Å². The van der Waals surface area contributed by atoms with Crippen LogP contribution in [0.25, 0.3) is 0 Å². The Hall–Kier alpha value is -0.690. The second-order valence-electron chi connectivity index (χ2n) is 3.63. The number of hydrogen-bond acceptors (Lipinski definition) is 4. The smallest absolute Gasteiger partial charge is 0.298 e. The number of rotatable bonds is 3. The molecule has 0 saturated carbocycles. The third-order valence-corrected chi connectivity index (χ3v) is 3.22. The van der Waals surface area contributed by atoms with Crippen molar-refractivity contribution in [3.05, 3.63) is 33.7 Å². The number of aromatic nitrogens is 2. The fourth-order valence-electron chi connectivity index (χ4n) is 1.13. The van der Waals surface area contributed by atoms with Gasteiger partial charge in [0.1, 0.15) is 11.6 Å². The van der Waals surface area contributed by atoms with E-state index in [0.717, 1.165) is 15.1 Å². The minimum atomic E-state index is 0.338. The monoisotopic (exact) mass is 346 g/mol. The molecule has 0 unspecified atom stereocenters. The van der Waals surface area contributed by atoms with Crippen molar-refractivity contribution in [3.63, 3.8) is 0 Å². The average Bonchev–Trinajstić information content (AvgIpc) is 2.66. The maximum Gasteiger partial charge on any atom is 0.298 e. The van der Waals surface area contributed by atoms with E-state index in [1.165, 1.54) is 11.5 Å². The molecule has 0 aliphatic carbocycles. The van der Waals surface area contributed by atoms with E-state index in [-0.39, 0.29) is 0 Å². The molecule has 16 heavy (non-hydrogen) atoms. The Morgan fingerprint density at radius 1 is 1.38 bits per heavy atom. The SMILES string of the molecule is CC(C)c1nsc(Oc2cccc(I)c2)n1. The van der Waals surface area contributed by atoms with E-state index in [0.29, 0.717) is 11.1 Å². The second-order valence-corrected chi connectivity index (χ2v) is 5.59. The molecule has 2 aromatic rings. The van der Waals surface area contributed by atoms with Gasteiger partial charge < -0.3 is 4.74 Å². The number of hydrogen-bond donors (Lipinski definition) is 0. The minimum Gasteiger partial charge on any atom is -0.430 e. The zero-order valence-electron chi connectivity index (χ0n) is 8.98. The largest absolute Gasteiger partial charge is 0.430 e. The molecule has 0 N–H and O–H groups in total. The summed E-state index contributed by atoms with van der Waals surface area (Å²) < 4.78 is 11.0. The van der Waals surface area contributed by atoms with Crippen LogP contribution < -0.4 is 4.74 Å². The van der Waals surface area contributed by atoms with Crippen LogP contribution in [0.4, 0.5) is 0 Å². The number of nitrogens with zero attached hydrogens (tertiary/aromatic N) is 2. The fourth-order valence-corrected chi connectivity index (χ4v) is 2.33. The lowest BCUT2D eigenvalue weighted by molar-refractivity contribution is 0.475. The molecule has 3 nitrogen and oxygen atoms in total. The van der Waals surface area contributed by atoms with E-state index in [2.05, 4.69) is 45.8 Å². The van der Waals surface area contributed by atoms with Gasteiger partial charge in [0.15, 0.2) is 0 Å². The van der Waals surface area contributed by atoms with Crippen molar-refractivity contribution in [2.75, 3.05) is 0 Å². The van der Waals surface area contributed by atoms with Gasteiger partial charge in [-0.15, -0.1) is 0 Å². The molecule has 0 aliphatic rings. The summed E-state index contributed by atoms with van der Waals surface area (Å²) in [5.74, 6) is 1.98. The van der Waals surface area contributed by atoms with Crippen LogP contribution in [0.1, 0.15) is 25.6 Å².